The molecule has 0 radical (unpaired) electrons. The Balaban J connectivity index is 1.51. The molecule has 0 fully saturated rings. The number of aromatic carboxylic acids is 1. The first-order valence-corrected chi connectivity index (χ1v) is 11.9. The van der Waals surface area contributed by atoms with Gasteiger partial charge in [-0.25, -0.2) is 4.79 Å². The van der Waals surface area contributed by atoms with Crippen LogP contribution in [0.2, 0.25) is 0 Å². The van der Waals surface area contributed by atoms with Crippen molar-refractivity contribution in [2.75, 3.05) is 13.1 Å². The Morgan fingerprint density at radius 2 is 1.32 bits per heavy atom. The van der Waals surface area contributed by atoms with E-state index in [-0.39, 0.29) is 0 Å². The molecule has 172 valence electrons. The average Bonchev–Trinajstić information content (AvgIpc) is 2.89. The first-order valence-electron chi connectivity index (χ1n) is 11.9. The topological polar surface area (TPSA) is 40.5 Å². The van der Waals surface area contributed by atoms with Crippen molar-refractivity contribution in [3.05, 3.63) is 131 Å². The van der Waals surface area contributed by atoms with E-state index in [2.05, 4.69) is 83.8 Å². The summed E-state index contributed by atoms with van der Waals surface area (Å²) in [5, 5.41) is 9.43. The summed E-state index contributed by atoms with van der Waals surface area (Å²) < 4.78 is 0. The number of carboxylic acids is 1. The largest absolute Gasteiger partial charge is 0.478 e. The van der Waals surface area contributed by atoms with Gasteiger partial charge in [0.15, 0.2) is 0 Å². The lowest BCUT2D eigenvalue weighted by molar-refractivity contribution is 0.0697. The van der Waals surface area contributed by atoms with Gasteiger partial charge in [0.25, 0.3) is 0 Å². The molecule has 0 bridgehead atoms. The quantitative estimate of drug-likeness (QED) is 0.276. The zero-order chi connectivity index (χ0) is 23.6. The van der Waals surface area contributed by atoms with Crippen LogP contribution in [0.15, 0.2) is 109 Å². The van der Waals surface area contributed by atoms with Crippen LogP contribution in [0, 0.1) is 0 Å². The molecule has 0 heterocycles. The Hall–Kier alpha value is -3.69. The van der Waals surface area contributed by atoms with E-state index in [4.69, 9.17) is 0 Å². The van der Waals surface area contributed by atoms with Gasteiger partial charge in [-0.3, -0.25) is 4.90 Å². The van der Waals surface area contributed by atoms with E-state index in [0.717, 1.165) is 50.0 Å². The molecular weight excluding hydrogens is 418 g/mol. The highest BCUT2D eigenvalue weighted by atomic mass is 16.4. The van der Waals surface area contributed by atoms with Crippen LogP contribution < -0.4 is 0 Å². The lowest BCUT2D eigenvalue weighted by Gasteiger charge is -2.24. The number of aryl methyl sites for hydroxylation is 1. The van der Waals surface area contributed by atoms with Gasteiger partial charge in [0.1, 0.15) is 0 Å². The van der Waals surface area contributed by atoms with Crippen molar-refractivity contribution < 1.29 is 9.90 Å². The first-order chi connectivity index (χ1) is 16.7. The minimum atomic E-state index is -0.898. The molecular formula is C31H31NO2. The Kier molecular flexibility index (Phi) is 8.26. The van der Waals surface area contributed by atoms with Gasteiger partial charge < -0.3 is 5.11 Å². The predicted octanol–water partition coefficient (Wildman–Crippen LogP) is 6.73. The third-order valence-electron chi connectivity index (χ3n) is 6.17. The lowest BCUT2D eigenvalue weighted by Crippen LogP contribution is -2.27. The van der Waals surface area contributed by atoms with Crippen molar-refractivity contribution in [2.24, 2.45) is 0 Å². The molecule has 0 amide bonds. The van der Waals surface area contributed by atoms with E-state index in [0.29, 0.717) is 5.56 Å². The van der Waals surface area contributed by atoms with Gasteiger partial charge in [0.05, 0.1) is 5.56 Å². The maximum atomic E-state index is 11.5. The number of carboxylic acid groups (broad SMARTS) is 1. The molecule has 0 saturated carbocycles. The fourth-order valence-corrected chi connectivity index (χ4v) is 4.35. The van der Waals surface area contributed by atoms with E-state index in [1.54, 1.807) is 12.1 Å². The zero-order valence-electron chi connectivity index (χ0n) is 19.4. The van der Waals surface area contributed by atoms with E-state index in [1.807, 2.05) is 18.2 Å². The number of hydrogen-bond acceptors (Lipinski definition) is 2. The highest BCUT2D eigenvalue weighted by Gasteiger charge is 2.12. The molecule has 0 aliphatic carbocycles. The maximum Gasteiger partial charge on any atom is 0.335 e. The number of rotatable bonds is 11. The number of hydrogen-bond donors (Lipinski definition) is 1. The number of nitrogens with zero attached hydrogens (tertiary/aromatic N) is 1. The molecule has 3 nitrogen and oxygen atoms in total. The second kappa shape index (κ2) is 12.0. The van der Waals surface area contributed by atoms with Crippen LogP contribution in [0.3, 0.4) is 0 Å². The number of carbonyl (C=O) groups is 1. The van der Waals surface area contributed by atoms with Crippen LogP contribution in [0.25, 0.3) is 11.1 Å². The van der Waals surface area contributed by atoms with E-state index in [9.17, 15) is 9.90 Å². The van der Waals surface area contributed by atoms with Crippen LogP contribution in [0.1, 0.15) is 33.5 Å². The van der Waals surface area contributed by atoms with Gasteiger partial charge in [-0.15, -0.1) is 0 Å². The Labute approximate surface area is 202 Å². The molecule has 0 spiro atoms. The summed E-state index contributed by atoms with van der Waals surface area (Å²) in [6.07, 6.45) is 3.16. The van der Waals surface area contributed by atoms with E-state index < -0.39 is 5.97 Å². The van der Waals surface area contributed by atoms with Crippen LogP contribution in [0.5, 0.6) is 0 Å². The molecule has 0 aromatic heterocycles. The normalized spacial score (nSPS) is 11.0. The summed E-state index contributed by atoms with van der Waals surface area (Å²) >= 11 is 0. The molecule has 4 aromatic carbocycles. The average molecular weight is 450 g/mol. The number of benzene rings is 4. The van der Waals surface area contributed by atoms with Gasteiger partial charge in [0, 0.05) is 13.1 Å². The third-order valence-corrected chi connectivity index (χ3v) is 6.17. The molecule has 0 unspecified atom stereocenters. The standard InChI is InChI=1S/C31H31NO2/c33-31(34)28-18-9-17-27(23-28)30-19-8-7-16-29(30)24-32(22-20-26-13-5-2-6-14-26)21-10-15-25-11-3-1-4-12-25/h1-9,11-14,16-19,23H,10,15,20-22,24H2,(H,33,34). The Morgan fingerprint density at radius 1 is 0.676 bits per heavy atom. The second-order valence-electron chi connectivity index (χ2n) is 8.64. The molecule has 4 rings (SSSR count). The Bertz CT molecular complexity index is 1190. The first kappa shape index (κ1) is 23.5. The molecule has 4 aromatic rings. The maximum absolute atomic E-state index is 11.5. The molecule has 3 heteroatoms. The smallest absolute Gasteiger partial charge is 0.335 e. The predicted molar refractivity (Wildman–Crippen MR) is 139 cm³/mol. The second-order valence-corrected chi connectivity index (χ2v) is 8.64. The SMILES string of the molecule is O=C(O)c1cccc(-c2ccccc2CN(CCCc2ccccc2)CCc2ccccc2)c1. The lowest BCUT2D eigenvalue weighted by atomic mass is 9.97. The Morgan fingerprint density at radius 3 is 2.03 bits per heavy atom. The summed E-state index contributed by atoms with van der Waals surface area (Å²) in [6, 6.07) is 36.9. The molecule has 0 atom stereocenters. The van der Waals surface area contributed by atoms with Crippen LogP contribution >= 0.6 is 0 Å². The summed E-state index contributed by atoms with van der Waals surface area (Å²) in [6.45, 7) is 2.81. The van der Waals surface area contributed by atoms with Gasteiger partial charge in [-0.05, 0) is 65.8 Å². The summed E-state index contributed by atoms with van der Waals surface area (Å²) in [5.41, 5.74) is 6.30. The highest BCUT2D eigenvalue weighted by Crippen LogP contribution is 2.26. The van der Waals surface area contributed by atoms with Crippen LogP contribution in [-0.4, -0.2) is 29.1 Å². The molecule has 0 aliphatic rings. The molecule has 34 heavy (non-hydrogen) atoms. The van der Waals surface area contributed by atoms with Crippen molar-refractivity contribution in [1.82, 2.24) is 4.90 Å². The van der Waals surface area contributed by atoms with Crippen molar-refractivity contribution in [3.63, 3.8) is 0 Å². The minimum absolute atomic E-state index is 0.316. The molecule has 1 N–H and O–H groups in total. The van der Waals surface area contributed by atoms with Crippen LogP contribution in [0.4, 0.5) is 0 Å². The van der Waals surface area contributed by atoms with Crippen LogP contribution in [-0.2, 0) is 19.4 Å². The van der Waals surface area contributed by atoms with Crippen molar-refractivity contribution >= 4 is 5.97 Å². The molecule has 0 saturated heterocycles. The van der Waals surface area contributed by atoms with Crippen molar-refractivity contribution in [3.8, 4) is 11.1 Å². The van der Waals surface area contributed by atoms with Crippen molar-refractivity contribution in [1.29, 1.82) is 0 Å². The molecule has 0 aliphatic heterocycles. The van der Waals surface area contributed by atoms with Crippen molar-refractivity contribution in [2.45, 2.75) is 25.8 Å². The van der Waals surface area contributed by atoms with Gasteiger partial charge in [0.2, 0.25) is 0 Å². The summed E-state index contributed by atoms with van der Waals surface area (Å²) in [7, 11) is 0. The van der Waals surface area contributed by atoms with Gasteiger partial charge in [-0.1, -0.05) is 97.1 Å². The van der Waals surface area contributed by atoms with E-state index in [1.165, 1.54) is 16.7 Å². The fraction of sp³-hybridized carbons (Fsp3) is 0.194. The fourth-order valence-electron chi connectivity index (χ4n) is 4.35. The van der Waals surface area contributed by atoms with E-state index >= 15 is 0 Å². The monoisotopic (exact) mass is 449 g/mol. The summed E-state index contributed by atoms with van der Waals surface area (Å²) in [5.74, 6) is -0.898. The summed E-state index contributed by atoms with van der Waals surface area (Å²) in [4.78, 5) is 14.0. The third kappa shape index (κ3) is 6.66. The highest BCUT2D eigenvalue weighted by molar-refractivity contribution is 5.89. The van der Waals surface area contributed by atoms with Gasteiger partial charge >= 0.3 is 5.97 Å². The minimum Gasteiger partial charge on any atom is -0.478 e. The zero-order valence-corrected chi connectivity index (χ0v) is 19.4. The van der Waals surface area contributed by atoms with Gasteiger partial charge in [-0.2, -0.15) is 0 Å².